The van der Waals surface area contributed by atoms with Crippen LogP contribution in [0.15, 0.2) is 54.9 Å². The van der Waals surface area contributed by atoms with E-state index in [4.69, 9.17) is 0 Å². The van der Waals surface area contributed by atoms with E-state index in [0.717, 1.165) is 17.5 Å². The Labute approximate surface area is 144 Å². The number of halogens is 1. The van der Waals surface area contributed by atoms with Gasteiger partial charge >= 0.3 is 0 Å². The molecule has 4 rings (SSSR count). The van der Waals surface area contributed by atoms with Gasteiger partial charge in [-0.05, 0) is 42.2 Å². The van der Waals surface area contributed by atoms with Crippen molar-refractivity contribution in [2.24, 2.45) is 13.0 Å². The van der Waals surface area contributed by atoms with Gasteiger partial charge in [-0.15, -0.1) is 10.2 Å². The molecule has 1 N–H and O–H groups in total. The van der Waals surface area contributed by atoms with E-state index >= 15 is 0 Å². The highest BCUT2D eigenvalue weighted by Crippen LogP contribution is 2.48. The molecule has 25 heavy (non-hydrogen) atoms. The lowest BCUT2D eigenvalue weighted by Crippen LogP contribution is -2.15. The van der Waals surface area contributed by atoms with E-state index in [1.54, 1.807) is 17.0 Å². The first-order chi connectivity index (χ1) is 12.1. The van der Waals surface area contributed by atoms with Gasteiger partial charge in [-0.2, -0.15) is 0 Å². The van der Waals surface area contributed by atoms with E-state index in [1.807, 2.05) is 37.4 Å². The van der Waals surface area contributed by atoms with E-state index < -0.39 is 0 Å². The van der Waals surface area contributed by atoms with Crippen molar-refractivity contribution in [3.8, 4) is 11.4 Å². The molecule has 0 aliphatic heterocycles. The van der Waals surface area contributed by atoms with Crippen molar-refractivity contribution in [2.45, 2.75) is 12.3 Å². The van der Waals surface area contributed by atoms with Crippen LogP contribution in [-0.4, -0.2) is 20.7 Å². The van der Waals surface area contributed by atoms with Crippen molar-refractivity contribution in [1.29, 1.82) is 0 Å². The maximum atomic E-state index is 13.4. The minimum atomic E-state index is -0.267. The zero-order chi connectivity index (χ0) is 17.4. The first-order valence-electron chi connectivity index (χ1n) is 8.13. The lowest BCUT2D eigenvalue weighted by Gasteiger charge is -2.10. The Balaban J connectivity index is 1.52. The van der Waals surface area contributed by atoms with Crippen LogP contribution in [0.4, 0.5) is 10.1 Å². The Morgan fingerprint density at radius 3 is 2.84 bits per heavy atom. The third-order valence-electron chi connectivity index (χ3n) is 4.54. The quantitative estimate of drug-likeness (QED) is 0.795. The van der Waals surface area contributed by atoms with Crippen molar-refractivity contribution in [3.63, 3.8) is 0 Å². The predicted octanol–water partition coefficient (Wildman–Crippen LogP) is 3.36. The number of rotatable bonds is 4. The monoisotopic (exact) mass is 336 g/mol. The molecule has 1 heterocycles. The fourth-order valence-electron chi connectivity index (χ4n) is 3.13. The van der Waals surface area contributed by atoms with E-state index in [0.29, 0.717) is 11.5 Å². The number of aryl methyl sites for hydroxylation is 1. The van der Waals surface area contributed by atoms with Crippen molar-refractivity contribution >= 4 is 11.6 Å². The summed E-state index contributed by atoms with van der Waals surface area (Å²) in [7, 11) is 1.86. The van der Waals surface area contributed by atoms with Crippen molar-refractivity contribution in [3.05, 3.63) is 66.2 Å². The lowest BCUT2D eigenvalue weighted by atomic mass is 10.1. The van der Waals surface area contributed by atoms with Crippen LogP contribution >= 0.6 is 0 Å². The molecule has 0 saturated heterocycles. The van der Waals surface area contributed by atoms with Crippen LogP contribution in [0, 0.1) is 11.7 Å². The number of hydrogen-bond acceptors (Lipinski definition) is 3. The number of nitrogens with zero attached hydrogens (tertiary/aromatic N) is 3. The Bertz CT molecular complexity index is 936. The Hall–Kier alpha value is -3.02. The van der Waals surface area contributed by atoms with Crippen LogP contribution in [0.2, 0.25) is 0 Å². The summed E-state index contributed by atoms with van der Waals surface area (Å²) in [5, 5.41) is 11.0. The van der Waals surface area contributed by atoms with Gasteiger partial charge in [-0.25, -0.2) is 4.39 Å². The third-order valence-corrected chi connectivity index (χ3v) is 4.54. The second kappa shape index (κ2) is 6.12. The Morgan fingerprint density at radius 2 is 2.08 bits per heavy atom. The summed E-state index contributed by atoms with van der Waals surface area (Å²) < 4.78 is 15.2. The number of para-hydroxylation sites is 1. The van der Waals surface area contributed by atoms with E-state index in [-0.39, 0.29) is 23.6 Å². The topological polar surface area (TPSA) is 59.8 Å². The number of carbonyl (C=O) groups excluding carboxylic acids is 1. The van der Waals surface area contributed by atoms with Gasteiger partial charge in [0.05, 0.1) is 5.69 Å². The molecule has 5 nitrogen and oxygen atoms in total. The van der Waals surface area contributed by atoms with Crippen LogP contribution in [-0.2, 0) is 11.8 Å². The molecule has 2 aromatic carbocycles. The van der Waals surface area contributed by atoms with Gasteiger partial charge in [0.1, 0.15) is 12.1 Å². The molecule has 1 amide bonds. The molecule has 3 aromatic rings. The Morgan fingerprint density at radius 1 is 1.24 bits per heavy atom. The summed E-state index contributed by atoms with van der Waals surface area (Å²) in [4.78, 5) is 12.6. The molecule has 0 radical (unpaired) electrons. The number of carbonyl (C=O) groups is 1. The molecule has 1 aromatic heterocycles. The van der Waals surface area contributed by atoms with Crippen molar-refractivity contribution < 1.29 is 9.18 Å². The fourth-order valence-corrected chi connectivity index (χ4v) is 3.13. The van der Waals surface area contributed by atoms with Crippen LogP contribution in [0.25, 0.3) is 11.4 Å². The highest BCUT2D eigenvalue weighted by molar-refractivity contribution is 5.98. The van der Waals surface area contributed by atoms with Crippen molar-refractivity contribution in [1.82, 2.24) is 14.8 Å². The minimum Gasteiger partial charge on any atom is -0.325 e. The number of amides is 1. The number of hydrogen-bond donors (Lipinski definition) is 1. The molecule has 1 aliphatic rings. The normalized spacial score (nSPS) is 18.8. The molecule has 0 spiro atoms. The van der Waals surface area contributed by atoms with Crippen molar-refractivity contribution in [2.75, 3.05) is 5.32 Å². The minimum absolute atomic E-state index is 0.0520. The lowest BCUT2D eigenvalue weighted by molar-refractivity contribution is -0.117. The summed E-state index contributed by atoms with van der Waals surface area (Å²) in [6.07, 6.45) is 2.36. The number of anilines is 1. The average Bonchev–Trinajstić information content (AvgIpc) is 3.31. The summed E-state index contributed by atoms with van der Waals surface area (Å²) >= 11 is 0. The maximum Gasteiger partial charge on any atom is 0.228 e. The van der Waals surface area contributed by atoms with Crippen LogP contribution in [0.3, 0.4) is 0 Å². The molecular formula is C19H17FN4O. The van der Waals surface area contributed by atoms with Gasteiger partial charge in [0, 0.05) is 18.5 Å². The Kier molecular flexibility index (Phi) is 3.80. The van der Waals surface area contributed by atoms with Gasteiger partial charge in [0.25, 0.3) is 0 Å². The van der Waals surface area contributed by atoms with Gasteiger partial charge in [0.2, 0.25) is 5.91 Å². The summed E-state index contributed by atoms with van der Waals surface area (Å²) in [6.45, 7) is 0. The number of nitrogens with one attached hydrogen (secondary N) is 1. The summed E-state index contributed by atoms with van der Waals surface area (Å²) in [6, 6.07) is 14.0. The standard InChI is InChI=1S/C19H17FN4O/c1-24-11-21-23-18(24)14-7-2-3-8-17(14)22-19(25)16-10-15(16)12-5-4-6-13(20)9-12/h2-9,11,15-16H,10H2,1H3,(H,22,25)/t15-,16+/m1/s1. The predicted molar refractivity (Wildman–Crippen MR) is 92.3 cm³/mol. The first kappa shape index (κ1) is 15.5. The second-order valence-corrected chi connectivity index (χ2v) is 6.30. The zero-order valence-electron chi connectivity index (χ0n) is 13.7. The van der Waals surface area contributed by atoms with Crippen LogP contribution < -0.4 is 5.32 Å². The van der Waals surface area contributed by atoms with E-state index in [1.165, 1.54) is 12.1 Å². The number of aromatic nitrogens is 3. The smallest absolute Gasteiger partial charge is 0.228 e. The summed E-state index contributed by atoms with van der Waals surface area (Å²) in [5.74, 6) is 0.320. The molecular weight excluding hydrogens is 319 g/mol. The van der Waals surface area contributed by atoms with Gasteiger partial charge in [-0.3, -0.25) is 4.79 Å². The third kappa shape index (κ3) is 3.03. The molecule has 6 heteroatoms. The highest BCUT2D eigenvalue weighted by Gasteiger charge is 2.44. The van der Waals surface area contributed by atoms with E-state index in [9.17, 15) is 9.18 Å². The molecule has 1 aliphatic carbocycles. The highest BCUT2D eigenvalue weighted by atomic mass is 19.1. The number of benzene rings is 2. The van der Waals surface area contributed by atoms with Crippen LogP contribution in [0.1, 0.15) is 17.9 Å². The molecule has 1 saturated carbocycles. The van der Waals surface area contributed by atoms with Gasteiger partial charge in [0.15, 0.2) is 5.82 Å². The van der Waals surface area contributed by atoms with Gasteiger partial charge in [-0.1, -0.05) is 24.3 Å². The average molecular weight is 336 g/mol. The molecule has 0 unspecified atom stereocenters. The maximum absolute atomic E-state index is 13.4. The first-order valence-corrected chi connectivity index (χ1v) is 8.13. The molecule has 1 fully saturated rings. The molecule has 0 bridgehead atoms. The molecule has 2 atom stereocenters. The second-order valence-electron chi connectivity index (χ2n) is 6.30. The zero-order valence-corrected chi connectivity index (χ0v) is 13.7. The SMILES string of the molecule is Cn1cnnc1-c1ccccc1NC(=O)[C@H]1C[C@@H]1c1cccc(F)c1. The summed E-state index contributed by atoms with van der Waals surface area (Å²) in [5.41, 5.74) is 2.40. The largest absolute Gasteiger partial charge is 0.325 e. The van der Waals surface area contributed by atoms with Crippen LogP contribution in [0.5, 0.6) is 0 Å². The fraction of sp³-hybridized carbons (Fsp3) is 0.211. The van der Waals surface area contributed by atoms with Gasteiger partial charge < -0.3 is 9.88 Å². The molecule has 126 valence electrons. The van der Waals surface area contributed by atoms with E-state index in [2.05, 4.69) is 15.5 Å².